The number of aryl methyl sites for hydroxylation is 1. The molecule has 1 aromatic carbocycles. The van der Waals surface area contributed by atoms with Crippen molar-refractivity contribution < 1.29 is 19.1 Å². The van der Waals surface area contributed by atoms with Crippen LogP contribution in [0.1, 0.15) is 11.1 Å². The zero-order valence-corrected chi connectivity index (χ0v) is 15.0. The number of pyridine rings is 1. The largest absolute Gasteiger partial charge is 0.711 e. The number of anilines is 1. The Kier molecular flexibility index (Phi) is 5.62. The molecular weight excluding hydrogens is 354 g/mol. The first-order chi connectivity index (χ1) is 12.5. The highest BCUT2D eigenvalue weighted by molar-refractivity contribution is 8.15. The first kappa shape index (κ1) is 18.1. The normalized spacial score (nSPS) is 16.4. The molecule has 0 spiro atoms. The monoisotopic (exact) mass is 373 g/mol. The van der Waals surface area contributed by atoms with Gasteiger partial charge in [0.1, 0.15) is 18.9 Å². The van der Waals surface area contributed by atoms with Crippen molar-refractivity contribution in [3.63, 3.8) is 0 Å². The summed E-state index contributed by atoms with van der Waals surface area (Å²) in [5.74, 6) is 0.987. The number of thioether (sulfide) groups is 1. The van der Waals surface area contributed by atoms with Gasteiger partial charge in [0.25, 0.3) is 11.1 Å². The fourth-order valence-corrected chi connectivity index (χ4v) is 3.47. The summed E-state index contributed by atoms with van der Waals surface area (Å²) >= 11 is 1.02. The third kappa shape index (κ3) is 4.45. The lowest BCUT2D eigenvalue weighted by Crippen LogP contribution is -2.32. The predicted octanol–water partition coefficient (Wildman–Crippen LogP) is 2.01. The Morgan fingerprint density at radius 3 is 2.69 bits per heavy atom. The minimum absolute atomic E-state index is 0.238. The van der Waals surface area contributed by atoms with Gasteiger partial charge in [-0.1, -0.05) is 23.9 Å². The zero-order valence-electron chi connectivity index (χ0n) is 14.2. The van der Waals surface area contributed by atoms with Gasteiger partial charge in [0.05, 0.1) is 11.4 Å². The lowest BCUT2D eigenvalue weighted by molar-refractivity contribution is -0.590. The molecule has 1 saturated heterocycles. The highest BCUT2D eigenvalue weighted by atomic mass is 32.2. The lowest BCUT2D eigenvalue weighted by Gasteiger charge is -2.11. The van der Waals surface area contributed by atoms with E-state index in [1.807, 2.05) is 37.3 Å². The van der Waals surface area contributed by atoms with Crippen molar-refractivity contribution in [1.29, 1.82) is 0 Å². The number of aromatic nitrogens is 1. The molecule has 0 bridgehead atoms. The van der Waals surface area contributed by atoms with Gasteiger partial charge in [0, 0.05) is 5.56 Å². The molecule has 2 N–H and O–H groups in total. The van der Waals surface area contributed by atoms with Crippen molar-refractivity contribution >= 4 is 28.7 Å². The molecular formula is C18H19N3O4S. The number of nitrogens with zero attached hydrogens (tertiary/aromatic N) is 1. The minimum Gasteiger partial charge on any atom is -0.711 e. The second kappa shape index (κ2) is 8.09. The second-order valence-corrected chi connectivity index (χ2v) is 7.05. The maximum absolute atomic E-state index is 11.7. The average molecular weight is 373 g/mol. The molecule has 1 unspecified atom stereocenters. The van der Waals surface area contributed by atoms with Crippen LogP contribution >= 0.6 is 11.8 Å². The minimum atomic E-state index is -0.369. The van der Waals surface area contributed by atoms with Gasteiger partial charge < -0.3 is 9.94 Å². The number of hydrogen-bond acceptors (Lipinski definition) is 6. The Balaban J connectivity index is 1.46. The third-order valence-electron chi connectivity index (χ3n) is 3.94. The summed E-state index contributed by atoms with van der Waals surface area (Å²) in [6.45, 7) is 2.77. The fraction of sp³-hybridized carbons (Fsp3) is 0.278. The van der Waals surface area contributed by atoms with Crippen molar-refractivity contribution in [2.45, 2.75) is 18.6 Å². The molecule has 2 heterocycles. The molecule has 3 rings (SSSR count). The molecule has 26 heavy (non-hydrogen) atoms. The van der Waals surface area contributed by atoms with Gasteiger partial charge in [-0.25, -0.2) is 4.73 Å². The molecule has 7 nitrogen and oxygen atoms in total. The van der Waals surface area contributed by atoms with Crippen LogP contribution in [0.25, 0.3) is 0 Å². The topological polar surface area (TPSA) is 94.4 Å². The van der Waals surface area contributed by atoms with Gasteiger partial charge in [0.15, 0.2) is 0 Å². The fourth-order valence-electron chi connectivity index (χ4n) is 2.61. The number of rotatable bonds is 7. The molecule has 1 aliphatic rings. The van der Waals surface area contributed by atoms with E-state index in [-0.39, 0.29) is 16.4 Å². The first-order valence-electron chi connectivity index (χ1n) is 8.19. The Morgan fingerprint density at radius 2 is 2.04 bits per heavy atom. The van der Waals surface area contributed by atoms with E-state index in [9.17, 15) is 14.8 Å². The van der Waals surface area contributed by atoms with E-state index in [1.54, 1.807) is 6.07 Å². The number of benzene rings is 1. The third-order valence-corrected chi connectivity index (χ3v) is 4.92. The van der Waals surface area contributed by atoms with E-state index in [0.29, 0.717) is 31.1 Å². The van der Waals surface area contributed by atoms with Crippen LogP contribution in [-0.4, -0.2) is 29.5 Å². The van der Waals surface area contributed by atoms with Crippen LogP contribution < -0.4 is 20.1 Å². The summed E-state index contributed by atoms with van der Waals surface area (Å²) in [6, 6.07) is 11.0. The number of imide groups is 1. The van der Waals surface area contributed by atoms with Crippen LogP contribution in [0.4, 0.5) is 10.6 Å². The van der Waals surface area contributed by atoms with Crippen molar-refractivity contribution in [1.82, 2.24) is 5.32 Å². The summed E-state index contributed by atoms with van der Waals surface area (Å²) in [4.78, 5) is 22.8. The number of carbonyl (C=O) groups is 2. The van der Waals surface area contributed by atoms with Crippen LogP contribution in [0, 0.1) is 12.1 Å². The van der Waals surface area contributed by atoms with Crippen LogP contribution in [0.15, 0.2) is 42.6 Å². The molecule has 136 valence electrons. The summed E-state index contributed by atoms with van der Waals surface area (Å²) in [7, 11) is 0. The molecule has 1 fully saturated rings. The van der Waals surface area contributed by atoms with E-state index < -0.39 is 0 Å². The van der Waals surface area contributed by atoms with Gasteiger partial charge in [-0.15, -0.1) is 0 Å². The Hall–Kier alpha value is -2.74. The van der Waals surface area contributed by atoms with Gasteiger partial charge in [-0.2, -0.15) is 0 Å². The Bertz CT molecular complexity index is 790. The van der Waals surface area contributed by atoms with Gasteiger partial charge >= 0.3 is 0 Å². The Morgan fingerprint density at radius 1 is 1.27 bits per heavy atom. The van der Waals surface area contributed by atoms with E-state index in [1.165, 1.54) is 6.20 Å². The van der Waals surface area contributed by atoms with Crippen molar-refractivity contribution in [3.8, 4) is 5.75 Å². The summed E-state index contributed by atoms with van der Waals surface area (Å²) in [5, 5.41) is 16.4. The van der Waals surface area contributed by atoms with Gasteiger partial charge in [-0.05, 0) is 43.2 Å². The van der Waals surface area contributed by atoms with Gasteiger partial charge in [0.2, 0.25) is 5.91 Å². The van der Waals surface area contributed by atoms with Crippen molar-refractivity contribution in [2.24, 2.45) is 0 Å². The van der Waals surface area contributed by atoms with E-state index in [4.69, 9.17) is 4.74 Å². The van der Waals surface area contributed by atoms with Crippen LogP contribution in [0.2, 0.25) is 0 Å². The zero-order chi connectivity index (χ0) is 18.5. The molecule has 1 aliphatic heterocycles. The van der Waals surface area contributed by atoms with Crippen molar-refractivity contribution in [3.05, 3.63) is 58.9 Å². The maximum atomic E-state index is 11.7. The van der Waals surface area contributed by atoms with E-state index in [2.05, 4.69) is 10.6 Å². The van der Waals surface area contributed by atoms with Crippen LogP contribution in [0.3, 0.4) is 0 Å². The molecule has 0 aliphatic carbocycles. The smallest absolute Gasteiger partial charge is 0.286 e. The number of ether oxygens (including phenoxy) is 1. The van der Waals surface area contributed by atoms with Crippen LogP contribution in [0.5, 0.6) is 5.75 Å². The van der Waals surface area contributed by atoms with E-state index in [0.717, 1.165) is 27.6 Å². The molecule has 2 amide bonds. The standard InChI is InChI=1S/C18H19N3O4S/c1-12-3-2-9-21(24)16(12)19-8-10-25-14-6-4-13(5-7-14)11-15-17(22)20-18(23)26-15/h2-7,9,15,19H,8,10-11H2,1H3,(H,20,22,23). The van der Waals surface area contributed by atoms with E-state index >= 15 is 0 Å². The highest BCUT2D eigenvalue weighted by Crippen LogP contribution is 2.23. The van der Waals surface area contributed by atoms with Crippen molar-refractivity contribution in [2.75, 3.05) is 18.5 Å². The lowest BCUT2D eigenvalue weighted by atomic mass is 10.1. The molecule has 1 aromatic heterocycles. The summed E-state index contributed by atoms with van der Waals surface area (Å²) in [5.41, 5.74) is 1.84. The molecule has 1 atom stereocenters. The summed E-state index contributed by atoms with van der Waals surface area (Å²) in [6.07, 6.45) is 1.95. The summed E-state index contributed by atoms with van der Waals surface area (Å²) < 4.78 is 6.46. The first-order valence-corrected chi connectivity index (χ1v) is 9.07. The number of carbonyl (C=O) groups excluding carboxylic acids is 2. The highest BCUT2D eigenvalue weighted by Gasteiger charge is 2.31. The predicted molar refractivity (Wildman–Crippen MR) is 99.2 cm³/mol. The molecule has 8 heteroatoms. The molecule has 2 aromatic rings. The second-order valence-electron chi connectivity index (χ2n) is 5.87. The average Bonchev–Trinajstić information content (AvgIpc) is 2.92. The molecule has 0 radical (unpaired) electrons. The number of amides is 2. The number of nitrogens with one attached hydrogen (secondary N) is 2. The number of hydrogen-bond donors (Lipinski definition) is 2. The quantitative estimate of drug-likeness (QED) is 0.438. The Labute approximate surface area is 155 Å². The van der Waals surface area contributed by atoms with Crippen LogP contribution in [-0.2, 0) is 11.2 Å². The molecule has 0 saturated carbocycles. The maximum Gasteiger partial charge on any atom is 0.286 e. The SMILES string of the molecule is Cc1ccc[n+]([O-])c1NCCOc1ccc(CC2SC(=O)NC2=O)cc1. The van der Waals surface area contributed by atoms with Gasteiger partial charge in [-0.3, -0.25) is 20.2 Å².